The molecule has 3 rings (SSSR count). The molecular formula is C15H13ClN2O3. The summed E-state index contributed by atoms with van der Waals surface area (Å²) in [6, 6.07) is 10.1. The van der Waals surface area contributed by atoms with Crippen LogP contribution in [0.15, 0.2) is 36.4 Å². The number of hydrogen-bond donors (Lipinski definition) is 2. The summed E-state index contributed by atoms with van der Waals surface area (Å²) in [5.41, 5.74) is 7.17. The Morgan fingerprint density at radius 2 is 1.81 bits per heavy atom. The van der Waals surface area contributed by atoms with Gasteiger partial charge in [0.1, 0.15) is 13.2 Å². The number of fused-ring (bicyclic) bond motifs is 1. The highest BCUT2D eigenvalue weighted by Gasteiger charge is 2.17. The first-order chi connectivity index (χ1) is 10.1. The van der Waals surface area contributed by atoms with E-state index >= 15 is 0 Å². The average Bonchev–Trinajstić information content (AvgIpc) is 2.48. The summed E-state index contributed by atoms with van der Waals surface area (Å²) in [4.78, 5) is 12.2. The van der Waals surface area contributed by atoms with Crippen molar-refractivity contribution in [2.24, 2.45) is 0 Å². The Balaban J connectivity index is 1.88. The van der Waals surface area contributed by atoms with E-state index in [1.54, 1.807) is 36.4 Å². The molecule has 1 aliphatic rings. The van der Waals surface area contributed by atoms with E-state index < -0.39 is 0 Å². The van der Waals surface area contributed by atoms with E-state index in [0.717, 1.165) is 0 Å². The lowest BCUT2D eigenvalue weighted by Crippen LogP contribution is -2.17. The molecule has 3 N–H and O–H groups in total. The summed E-state index contributed by atoms with van der Waals surface area (Å²) < 4.78 is 10.9. The van der Waals surface area contributed by atoms with E-state index in [0.29, 0.717) is 46.7 Å². The maximum Gasteiger partial charge on any atom is 0.257 e. The minimum Gasteiger partial charge on any atom is -0.486 e. The number of amides is 1. The number of nitrogens with one attached hydrogen (secondary N) is 1. The quantitative estimate of drug-likeness (QED) is 0.837. The van der Waals surface area contributed by atoms with Crippen molar-refractivity contribution in [3.63, 3.8) is 0 Å². The Hall–Kier alpha value is -2.40. The van der Waals surface area contributed by atoms with Gasteiger partial charge in [0, 0.05) is 12.1 Å². The minimum absolute atomic E-state index is 0.330. The Morgan fingerprint density at radius 3 is 2.52 bits per heavy atom. The van der Waals surface area contributed by atoms with Crippen molar-refractivity contribution in [3.05, 3.63) is 47.0 Å². The molecule has 0 saturated carbocycles. The monoisotopic (exact) mass is 304 g/mol. The highest BCUT2D eigenvalue weighted by Crippen LogP contribution is 2.37. The van der Waals surface area contributed by atoms with Gasteiger partial charge < -0.3 is 20.5 Å². The first kappa shape index (κ1) is 13.6. The van der Waals surface area contributed by atoms with Gasteiger partial charge in [-0.1, -0.05) is 23.7 Å². The summed E-state index contributed by atoms with van der Waals surface area (Å²) >= 11 is 6.00. The molecule has 1 heterocycles. The molecule has 5 nitrogen and oxygen atoms in total. The lowest BCUT2D eigenvalue weighted by molar-refractivity contribution is 0.102. The first-order valence-electron chi connectivity index (χ1n) is 6.40. The van der Waals surface area contributed by atoms with Crippen LogP contribution >= 0.6 is 11.6 Å². The van der Waals surface area contributed by atoms with Crippen molar-refractivity contribution in [2.75, 3.05) is 24.3 Å². The van der Waals surface area contributed by atoms with E-state index in [1.165, 1.54) is 0 Å². The fraction of sp³-hybridized carbons (Fsp3) is 0.133. The number of anilines is 2. The molecule has 0 aromatic heterocycles. The number of carbonyl (C=O) groups is 1. The van der Waals surface area contributed by atoms with Crippen LogP contribution in [-0.2, 0) is 0 Å². The third-order valence-electron chi connectivity index (χ3n) is 3.08. The van der Waals surface area contributed by atoms with Crippen LogP contribution in [0.1, 0.15) is 10.4 Å². The summed E-state index contributed by atoms with van der Waals surface area (Å²) in [6.45, 7) is 0.951. The smallest absolute Gasteiger partial charge is 0.257 e. The fourth-order valence-corrected chi connectivity index (χ4v) is 2.27. The predicted molar refractivity (Wildman–Crippen MR) is 81.2 cm³/mol. The number of nitrogen functional groups attached to an aromatic ring is 1. The number of benzene rings is 2. The van der Waals surface area contributed by atoms with E-state index in [9.17, 15) is 4.79 Å². The van der Waals surface area contributed by atoms with Crippen LogP contribution < -0.4 is 20.5 Å². The molecule has 0 saturated heterocycles. The molecule has 108 valence electrons. The summed E-state index contributed by atoms with van der Waals surface area (Å²) in [7, 11) is 0. The number of carbonyl (C=O) groups excluding carboxylic acids is 1. The fourth-order valence-electron chi connectivity index (χ4n) is 2.05. The van der Waals surface area contributed by atoms with Crippen LogP contribution in [0.4, 0.5) is 11.4 Å². The second-order valence-corrected chi connectivity index (χ2v) is 4.92. The first-order valence-corrected chi connectivity index (χ1v) is 6.78. The van der Waals surface area contributed by atoms with Gasteiger partial charge in [-0.05, 0) is 12.1 Å². The molecule has 6 heteroatoms. The van der Waals surface area contributed by atoms with Crippen molar-refractivity contribution in [2.45, 2.75) is 0 Å². The SMILES string of the molecule is Nc1cc2c(cc1NC(=O)c1ccccc1Cl)OCCO2. The maximum absolute atomic E-state index is 12.2. The lowest BCUT2D eigenvalue weighted by atomic mass is 10.2. The molecule has 0 aliphatic carbocycles. The van der Waals surface area contributed by atoms with Crippen LogP contribution in [0, 0.1) is 0 Å². The third-order valence-corrected chi connectivity index (χ3v) is 3.41. The maximum atomic E-state index is 12.2. The van der Waals surface area contributed by atoms with Gasteiger partial charge in [-0.2, -0.15) is 0 Å². The van der Waals surface area contributed by atoms with Crippen LogP contribution in [0.3, 0.4) is 0 Å². The minimum atomic E-state index is -0.330. The molecule has 0 bridgehead atoms. The van der Waals surface area contributed by atoms with E-state index in [2.05, 4.69) is 5.32 Å². The molecule has 2 aromatic rings. The number of hydrogen-bond acceptors (Lipinski definition) is 4. The number of halogens is 1. The lowest BCUT2D eigenvalue weighted by Gasteiger charge is -2.20. The summed E-state index contributed by atoms with van der Waals surface area (Å²) in [6.07, 6.45) is 0. The van der Waals surface area contributed by atoms with Crippen LogP contribution in [-0.4, -0.2) is 19.1 Å². The largest absolute Gasteiger partial charge is 0.486 e. The zero-order valence-corrected chi connectivity index (χ0v) is 11.8. The van der Waals surface area contributed by atoms with Crippen molar-refractivity contribution >= 4 is 28.9 Å². The van der Waals surface area contributed by atoms with Crippen molar-refractivity contribution in [3.8, 4) is 11.5 Å². The Labute approximate surface area is 126 Å². The van der Waals surface area contributed by atoms with Gasteiger partial charge in [-0.3, -0.25) is 4.79 Å². The topological polar surface area (TPSA) is 73.6 Å². The Morgan fingerprint density at radius 1 is 1.14 bits per heavy atom. The van der Waals surface area contributed by atoms with Crippen molar-refractivity contribution < 1.29 is 14.3 Å². The van der Waals surface area contributed by atoms with Crippen molar-refractivity contribution in [1.82, 2.24) is 0 Å². The molecular weight excluding hydrogens is 292 g/mol. The molecule has 0 atom stereocenters. The number of rotatable bonds is 2. The van der Waals surface area contributed by atoms with Gasteiger partial charge in [0.05, 0.1) is 22.0 Å². The number of nitrogens with two attached hydrogens (primary N) is 1. The summed E-state index contributed by atoms with van der Waals surface area (Å²) in [5.74, 6) is 0.809. The molecule has 1 aliphatic heterocycles. The van der Waals surface area contributed by atoms with Crippen molar-refractivity contribution in [1.29, 1.82) is 0 Å². The predicted octanol–water partition coefficient (Wildman–Crippen LogP) is 2.95. The average molecular weight is 305 g/mol. The molecule has 0 radical (unpaired) electrons. The van der Waals surface area contributed by atoms with E-state index in [1.807, 2.05) is 0 Å². The van der Waals surface area contributed by atoms with E-state index in [4.69, 9.17) is 26.8 Å². The standard InChI is InChI=1S/C15H13ClN2O3/c16-10-4-2-1-3-9(10)15(19)18-12-8-14-13(7-11(12)17)20-5-6-21-14/h1-4,7-8H,5-6,17H2,(H,18,19). The molecule has 0 unspecified atom stereocenters. The summed E-state index contributed by atoms with van der Waals surface area (Å²) in [5, 5.41) is 3.11. The van der Waals surface area contributed by atoms with Gasteiger partial charge in [0.25, 0.3) is 5.91 Å². The van der Waals surface area contributed by atoms with Gasteiger partial charge in [-0.15, -0.1) is 0 Å². The highest BCUT2D eigenvalue weighted by atomic mass is 35.5. The molecule has 0 spiro atoms. The van der Waals surface area contributed by atoms with E-state index in [-0.39, 0.29) is 5.91 Å². The van der Waals surface area contributed by atoms with Gasteiger partial charge in [0.2, 0.25) is 0 Å². The number of ether oxygens (including phenoxy) is 2. The van der Waals surface area contributed by atoms with Gasteiger partial charge in [0.15, 0.2) is 11.5 Å². The molecule has 2 aromatic carbocycles. The highest BCUT2D eigenvalue weighted by molar-refractivity contribution is 6.34. The van der Waals surface area contributed by atoms with Crippen LogP contribution in [0.5, 0.6) is 11.5 Å². The van der Waals surface area contributed by atoms with Crippen LogP contribution in [0.2, 0.25) is 5.02 Å². The van der Waals surface area contributed by atoms with Gasteiger partial charge >= 0.3 is 0 Å². The zero-order chi connectivity index (χ0) is 14.8. The zero-order valence-electron chi connectivity index (χ0n) is 11.1. The second kappa shape index (κ2) is 5.54. The Bertz CT molecular complexity index is 703. The second-order valence-electron chi connectivity index (χ2n) is 4.52. The normalized spacial score (nSPS) is 12.8. The molecule has 1 amide bonds. The Kier molecular flexibility index (Phi) is 3.58. The van der Waals surface area contributed by atoms with Gasteiger partial charge in [-0.25, -0.2) is 0 Å². The van der Waals surface area contributed by atoms with Crippen LogP contribution in [0.25, 0.3) is 0 Å². The third kappa shape index (κ3) is 2.73. The molecule has 0 fully saturated rings. The molecule has 21 heavy (non-hydrogen) atoms.